The average Bonchev–Trinajstić information content (AvgIpc) is 3.02. The minimum atomic E-state index is 0.107. The molecule has 2 aliphatic heterocycles. The van der Waals surface area contributed by atoms with Gasteiger partial charge in [-0.05, 0) is 24.8 Å². The highest BCUT2D eigenvalue weighted by molar-refractivity contribution is 8.01. The van der Waals surface area contributed by atoms with Gasteiger partial charge >= 0.3 is 0 Å². The van der Waals surface area contributed by atoms with E-state index in [1.807, 2.05) is 35.0 Å². The van der Waals surface area contributed by atoms with Crippen molar-refractivity contribution in [3.8, 4) is 5.75 Å². The summed E-state index contributed by atoms with van der Waals surface area (Å²) in [7, 11) is 1.77. The SMILES string of the molecule is CCOc1ccsc1C(=O)N1CC2(C[C@@H](OC)CS2)C1. The van der Waals surface area contributed by atoms with Gasteiger partial charge in [0.1, 0.15) is 10.6 Å². The van der Waals surface area contributed by atoms with Crippen LogP contribution < -0.4 is 4.74 Å². The van der Waals surface area contributed by atoms with Crippen molar-refractivity contribution < 1.29 is 14.3 Å². The third-order valence-electron chi connectivity index (χ3n) is 3.88. The molecule has 110 valence electrons. The van der Waals surface area contributed by atoms with Crippen LogP contribution in [0.3, 0.4) is 0 Å². The molecular formula is C14H19NO3S2. The van der Waals surface area contributed by atoms with Gasteiger partial charge in [0, 0.05) is 26.0 Å². The van der Waals surface area contributed by atoms with Gasteiger partial charge in [0.15, 0.2) is 0 Å². The third kappa shape index (κ3) is 2.44. The van der Waals surface area contributed by atoms with E-state index in [1.165, 1.54) is 11.3 Å². The Morgan fingerprint density at radius 2 is 2.35 bits per heavy atom. The highest BCUT2D eigenvalue weighted by Crippen LogP contribution is 2.46. The van der Waals surface area contributed by atoms with Crippen molar-refractivity contribution in [1.29, 1.82) is 0 Å². The summed E-state index contributed by atoms with van der Waals surface area (Å²) in [5.74, 6) is 1.87. The molecule has 1 aromatic heterocycles. The van der Waals surface area contributed by atoms with Crippen molar-refractivity contribution in [2.24, 2.45) is 0 Å². The number of carbonyl (C=O) groups is 1. The highest BCUT2D eigenvalue weighted by Gasteiger charge is 2.51. The van der Waals surface area contributed by atoms with E-state index in [0.717, 1.165) is 35.9 Å². The quantitative estimate of drug-likeness (QED) is 0.856. The standard InChI is InChI=1S/C14H19NO3S2/c1-3-18-11-4-5-19-12(11)13(16)15-8-14(9-15)6-10(17-2)7-20-14/h4-5,10H,3,6-9H2,1-2H3/t10-/m1/s1. The van der Waals surface area contributed by atoms with E-state index in [0.29, 0.717) is 12.7 Å². The number of amides is 1. The van der Waals surface area contributed by atoms with Crippen LogP contribution in [-0.4, -0.2) is 54.2 Å². The number of hydrogen-bond donors (Lipinski definition) is 0. The number of nitrogens with zero attached hydrogens (tertiary/aromatic N) is 1. The second-order valence-electron chi connectivity index (χ2n) is 5.26. The molecule has 0 saturated carbocycles. The van der Waals surface area contributed by atoms with E-state index in [-0.39, 0.29) is 10.7 Å². The van der Waals surface area contributed by atoms with Crippen LogP contribution in [0.4, 0.5) is 0 Å². The second-order valence-corrected chi connectivity index (χ2v) is 7.67. The second kappa shape index (κ2) is 5.58. The molecule has 1 amide bonds. The minimum Gasteiger partial charge on any atom is -0.492 e. The van der Waals surface area contributed by atoms with E-state index in [9.17, 15) is 4.79 Å². The van der Waals surface area contributed by atoms with E-state index >= 15 is 0 Å². The average molecular weight is 313 g/mol. The van der Waals surface area contributed by atoms with Crippen molar-refractivity contribution in [3.63, 3.8) is 0 Å². The Balaban J connectivity index is 1.62. The van der Waals surface area contributed by atoms with Crippen LogP contribution in [0, 0.1) is 0 Å². The molecule has 20 heavy (non-hydrogen) atoms. The predicted molar refractivity (Wildman–Crippen MR) is 82.0 cm³/mol. The van der Waals surface area contributed by atoms with E-state index < -0.39 is 0 Å². The van der Waals surface area contributed by atoms with E-state index in [2.05, 4.69) is 0 Å². The van der Waals surface area contributed by atoms with Gasteiger partial charge in [0.2, 0.25) is 0 Å². The lowest BCUT2D eigenvalue weighted by atomic mass is 9.93. The van der Waals surface area contributed by atoms with Gasteiger partial charge in [0.05, 0.1) is 17.5 Å². The molecule has 4 nitrogen and oxygen atoms in total. The van der Waals surface area contributed by atoms with E-state index in [1.54, 1.807) is 7.11 Å². The summed E-state index contributed by atoms with van der Waals surface area (Å²) >= 11 is 3.41. The summed E-state index contributed by atoms with van der Waals surface area (Å²) in [6.07, 6.45) is 1.40. The summed E-state index contributed by atoms with van der Waals surface area (Å²) in [5.41, 5.74) is 0. The number of thiophene rings is 1. The van der Waals surface area contributed by atoms with Crippen LogP contribution in [0.1, 0.15) is 23.0 Å². The molecule has 1 aromatic rings. The first-order valence-electron chi connectivity index (χ1n) is 6.84. The molecule has 6 heteroatoms. The van der Waals surface area contributed by atoms with Gasteiger partial charge in [-0.2, -0.15) is 0 Å². The van der Waals surface area contributed by atoms with Crippen molar-refractivity contribution in [2.75, 3.05) is 32.6 Å². The molecule has 2 fully saturated rings. The number of likely N-dealkylation sites (tertiary alicyclic amines) is 1. The Bertz CT molecular complexity index is 496. The number of rotatable bonds is 4. The molecule has 0 aromatic carbocycles. The highest BCUT2D eigenvalue weighted by atomic mass is 32.2. The molecule has 1 spiro atoms. The topological polar surface area (TPSA) is 38.8 Å². The van der Waals surface area contributed by atoms with Crippen LogP contribution in [0.25, 0.3) is 0 Å². The molecular weight excluding hydrogens is 294 g/mol. The molecule has 3 heterocycles. The Morgan fingerprint density at radius 3 is 3.00 bits per heavy atom. The smallest absolute Gasteiger partial charge is 0.267 e. The van der Waals surface area contributed by atoms with E-state index in [4.69, 9.17) is 9.47 Å². The summed E-state index contributed by atoms with van der Waals surface area (Å²) in [4.78, 5) is 15.2. The van der Waals surface area contributed by atoms with Crippen LogP contribution in [0.2, 0.25) is 0 Å². The van der Waals surface area contributed by atoms with Crippen LogP contribution in [-0.2, 0) is 4.74 Å². The molecule has 1 atom stereocenters. The lowest BCUT2D eigenvalue weighted by Gasteiger charge is -2.47. The van der Waals surface area contributed by atoms with Crippen molar-refractivity contribution in [2.45, 2.75) is 24.2 Å². The first-order chi connectivity index (χ1) is 9.67. The summed E-state index contributed by atoms with van der Waals surface area (Å²) in [5, 5.41) is 1.92. The van der Waals surface area contributed by atoms with Crippen LogP contribution in [0.15, 0.2) is 11.4 Å². The molecule has 0 aliphatic carbocycles. The van der Waals surface area contributed by atoms with Gasteiger partial charge in [-0.15, -0.1) is 23.1 Å². The first kappa shape index (κ1) is 14.2. The Hall–Kier alpha value is -0.720. The van der Waals surface area contributed by atoms with Gasteiger partial charge < -0.3 is 14.4 Å². The summed E-state index contributed by atoms with van der Waals surface area (Å²) in [6.45, 7) is 4.19. The molecule has 0 radical (unpaired) electrons. The van der Waals surface area contributed by atoms with Crippen molar-refractivity contribution >= 4 is 29.0 Å². The molecule has 0 bridgehead atoms. The van der Waals surface area contributed by atoms with Gasteiger partial charge in [-0.25, -0.2) is 0 Å². The number of methoxy groups -OCH3 is 1. The van der Waals surface area contributed by atoms with Gasteiger partial charge in [0.25, 0.3) is 5.91 Å². The normalized spacial score (nSPS) is 23.9. The number of carbonyl (C=O) groups excluding carboxylic acids is 1. The fourth-order valence-corrected chi connectivity index (χ4v) is 5.23. The fourth-order valence-electron chi connectivity index (χ4n) is 2.83. The minimum absolute atomic E-state index is 0.107. The Morgan fingerprint density at radius 1 is 1.55 bits per heavy atom. The monoisotopic (exact) mass is 313 g/mol. The Labute approximate surface area is 127 Å². The Kier molecular flexibility index (Phi) is 3.97. The predicted octanol–water partition coefficient (Wildman–Crippen LogP) is 2.49. The van der Waals surface area contributed by atoms with Crippen molar-refractivity contribution in [3.05, 3.63) is 16.3 Å². The number of thioether (sulfide) groups is 1. The molecule has 0 unspecified atom stereocenters. The lowest BCUT2D eigenvalue weighted by molar-refractivity contribution is 0.0453. The zero-order chi connectivity index (χ0) is 14.2. The maximum absolute atomic E-state index is 12.5. The largest absolute Gasteiger partial charge is 0.492 e. The number of hydrogen-bond acceptors (Lipinski definition) is 5. The molecule has 0 N–H and O–H groups in total. The zero-order valence-electron chi connectivity index (χ0n) is 11.8. The molecule has 3 rings (SSSR count). The third-order valence-corrected chi connectivity index (χ3v) is 6.34. The summed E-state index contributed by atoms with van der Waals surface area (Å²) < 4.78 is 11.2. The number of ether oxygens (including phenoxy) is 2. The van der Waals surface area contributed by atoms with Crippen molar-refractivity contribution in [1.82, 2.24) is 4.90 Å². The molecule has 2 saturated heterocycles. The lowest BCUT2D eigenvalue weighted by Crippen LogP contribution is -2.60. The van der Waals surface area contributed by atoms with Crippen LogP contribution >= 0.6 is 23.1 Å². The maximum atomic E-state index is 12.5. The maximum Gasteiger partial charge on any atom is 0.267 e. The molecule has 2 aliphatic rings. The fraction of sp³-hybridized carbons (Fsp3) is 0.643. The summed E-state index contributed by atoms with van der Waals surface area (Å²) in [6, 6.07) is 1.88. The first-order valence-corrected chi connectivity index (χ1v) is 8.70. The van der Waals surface area contributed by atoms with Gasteiger partial charge in [-0.3, -0.25) is 4.79 Å². The zero-order valence-corrected chi connectivity index (χ0v) is 13.4. The van der Waals surface area contributed by atoms with Crippen LogP contribution in [0.5, 0.6) is 5.75 Å². The van der Waals surface area contributed by atoms with Gasteiger partial charge in [-0.1, -0.05) is 0 Å².